The molecule has 0 spiro atoms. The fraction of sp³-hybridized carbons (Fsp3) is 0.400. The lowest BCUT2D eigenvalue weighted by atomic mass is 10.2. The van der Waals surface area contributed by atoms with E-state index in [1.807, 2.05) is 32.9 Å². The fourth-order valence-electron chi connectivity index (χ4n) is 3.59. The molecule has 2 unspecified atom stereocenters. The van der Waals surface area contributed by atoms with Crippen molar-refractivity contribution >= 4 is 17.3 Å². The molecule has 152 valence electrons. The molecule has 0 aliphatic carbocycles. The summed E-state index contributed by atoms with van der Waals surface area (Å²) in [5, 5.41) is 13.4. The normalized spacial score (nSPS) is 19.5. The average Bonchev–Trinajstić information content (AvgIpc) is 3.04. The number of benzene rings is 1. The number of rotatable bonds is 4. The second-order valence-electron chi connectivity index (χ2n) is 7.38. The van der Waals surface area contributed by atoms with E-state index in [1.165, 1.54) is 4.68 Å². The molecule has 1 aromatic carbocycles. The SMILES string of the molecule is Cc1nnn(-c2ccc(Cl)cc2)c1Cn1ncc(N2CC(C)OC(C)C2)cc1=O. The molecule has 1 saturated heterocycles. The fourth-order valence-corrected chi connectivity index (χ4v) is 3.72. The summed E-state index contributed by atoms with van der Waals surface area (Å²) in [5.74, 6) is 0. The molecule has 3 aromatic rings. The molecule has 29 heavy (non-hydrogen) atoms. The van der Waals surface area contributed by atoms with Crippen LogP contribution in [0.2, 0.25) is 5.02 Å². The van der Waals surface area contributed by atoms with Crippen molar-refractivity contribution in [2.45, 2.75) is 39.5 Å². The highest BCUT2D eigenvalue weighted by Crippen LogP contribution is 2.19. The van der Waals surface area contributed by atoms with E-state index < -0.39 is 0 Å². The van der Waals surface area contributed by atoms with E-state index in [4.69, 9.17) is 16.3 Å². The molecule has 8 nitrogen and oxygen atoms in total. The predicted molar refractivity (Wildman–Crippen MR) is 111 cm³/mol. The largest absolute Gasteiger partial charge is 0.372 e. The number of aromatic nitrogens is 5. The molecule has 3 heterocycles. The van der Waals surface area contributed by atoms with Crippen LogP contribution in [-0.2, 0) is 11.3 Å². The Morgan fingerprint density at radius 3 is 2.48 bits per heavy atom. The number of aryl methyl sites for hydroxylation is 1. The van der Waals surface area contributed by atoms with E-state index in [9.17, 15) is 4.79 Å². The molecular formula is C20H23ClN6O2. The van der Waals surface area contributed by atoms with Crippen LogP contribution in [0.1, 0.15) is 25.2 Å². The van der Waals surface area contributed by atoms with Gasteiger partial charge in [0.05, 0.1) is 47.7 Å². The van der Waals surface area contributed by atoms with E-state index in [0.29, 0.717) is 5.02 Å². The van der Waals surface area contributed by atoms with Gasteiger partial charge in [-0.15, -0.1) is 5.10 Å². The molecule has 1 aliphatic heterocycles. The molecule has 2 aromatic heterocycles. The Morgan fingerprint density at radius 2 is 1.83 bits per heavy atom. The number of ether oxygens (including phenoxy) is 1. The van der Waals surface area contributed by atoms with Crippen molar-refractivity contribution in [2.75, 3.05) is 18.0 Å². The zero-order valence-electron chi connectivity index (χ0n) is 16.6. The van der Waals surface area contributed by atoms with Gasteiger partial charge >= 0.3 is 0 Å². The van der Waals surface area contributed by atoms with Crippen molar-refractivity contribution in [1.82, 2.24) is 24.8 Å². The maximum absolute atomic E-state index is 12.8. The van der Waals surface area contributed by atoms with Crippen molar-refractivity contribution < 1.29 is 4.74 Å². The number of anilines is 1. The summed E-state index contributed by atoms with van der Waals surface area (Å²) < 4.78 is 8.90. The highest BCUT2D eigenvalue weighted by molar-refractivity contribution is 6.30. The average molecular weight is 415 g/mol. The Labute approximate surface area is 173 Å². The molecule has 4 rings (SSSR count). The Bertz CT molecular complexity index is 1050. The zero-order chi connectivity index (χ0) is 20.5. The van der Waals surface area contributed by atoms with E-state index in [2.05, 4.69) is 20.3 Å². The minimum Gasteiger partial charge on any atom is -0.372 e. The van der Waals surface area contributed by atoms with Crippen LogP contribution in [0.5, 0.6) is 0 Å². The number of nitrogens with zero attached hydrogens (tertiary/aromatic N) is 6. The standard InChI is InChI=1S/C20H23ClN6O2/c1-13-10-25(11-14(2)29-13)18-8-20(28)26(22-9-18)12-19-15(3)23-24-27(19)17-6-4-16(21)5-7-17/h4-9,13-14H,10-12H2,1-3H3. The third kappa shape index (κ3) is 4.18. The summed E-state index contributed by atoms with van der Waals surface area (Å²) in [4.78, 5) is 14.9. The van der Waals surface area contributed by atoms with Crippen molar-refractivity contribution in [3.8, 4) is 5.69 Å². The first-order valence-electron chi connectivity index (χ1n) is 9.55. The second kappa shape index (κ2) is 7.96. The highest BCUT2D eigenvalue weighted by atomic mass is 35.5. The van der Waals surface area contributed by atoms with Gasteiger partial charge < -0.3 is 9.64 Å². The molecule has 0 radical (unpaired) electrons. The third-order valence-corrected chi connectivity index (χ3v) is 5.22. The quantitative estimate of drug-likeness (QED) is 0.652. The molecule has 0 N–H and O–H groups in total. The number of morpholine rings is 1. The number of halogens is 1. The molecular weight excluding hydrogens is 392 g/mol. The number of hydrogen-bond acceptors (Lipinski definition) is 6. The predicted octanol–water partition coefficient (Wildman–Crippen LogP) is 2.45. The molecule has 2 atom stereocenters. The molecule has 0 bridgehead atoms. The van der Waals surface area contributed by atoms with Crippen LogP contribution >= 0.6 is 11.6 Å². The van der Waals surface area contributed by atoms with Gasteiger partial charge in [0.25, 0.3) is 5.56 Å². The third-order valence-electron chi connectivity index (χ3n) is 4.97. The second-order valence-corrected chi connectivity index (χ2v) is 7.82. The van der Waals surface area contributed by atoms with Crippen molar-refractivity contribution in [2.24, 2.45) is 0 Å². The Morgan fingerprint density at radius 1 is 1.14 bits per heavy atom. The summed E-state index contributed by atoms with van der Waals surface area (Å²) in [6.07, 6.45) is 1.96. The van der Waals surface area contributed by atoms with Gasteiger partial charge in [-0.05, 0) is 45.0 Å². The van der Waals surface area contributed by atoms with Crippen LogP contribution in [0.4, 0.5) is 5.69 Å². The first-order chi connectivity index (χ1) is 13.9. The summed E-state index contributed by atoms with van der Waals surface area (Å²) in [7, 11) is 0. The minimum atomic E-state index is -0.169. The van der Waals surface area contributed by atoms with Gasteiger partial charge in [0.1, 0.15) is 0 Å². The maximum Gasteiger partial charge on any atom is 0.269 e. The minimum absolute atomic E-state index is 0.114. The lowest BCUT2D eigenvalue weighted by Crippen LogP contribution is -2.46. The summed E-state index contributed by atoms with van der Waals surface area (Å²) in [5.41, 5.74) is 3.01. The van der Waals surface area contributed by atoms with Crippen molar-refractivity contribution in [3.63, 3.8) is 0 Å². The molecule has 1 aliphatic rings. The van der Waals surface area contributed by atoms with Crippen LogP contribution < -0.4 is 10.5 Å². The van der Waals surface area contributed by atoms with E-state index in [1.54, 1.807) is 29.1 Å². The van der Waals surface area contributed by atoms with E-state index >= 15 is 0 Å². The van der Waals surface area contributed by atoms with E-state index in [-0.39, 0.29) is 24.3 Å². The monoisotopic (exact) mass is 414 g/mol. The topological polar surface area (TPSA) is 78.1 Å². The summed E-state index contributed by atoms with van der Waals surface area (Å²) in [6, 6.07) is 8.94. The van der Waals surface area contributed by atoms with Crippen molar-refractivity contribution in [3.05, 3.63) is 63.3 Å². The molecule has 0 saturated carbocycles. The van der Waals surface area contributed by atoms with Crippen LogP contribution in [0.25, 0.3) is 5.69 Å². The molecule has 9 heteroatoms. The molecule has 1 fully saturated rings. The van der Waals surface area contributed by atoms with Gasteiger partial charge in [-0.2, -0.15) is 5.10 Å². The van der Waals surface area contributed by atoms with Gasteiger partial charge in [-0.1, -0.05) is 16.8 Å². The lowest BCUT2D eigenvalue weighted by molar-refractivity contribution is -0.00525. The Balaban J connectivity index is 1.60. The Kier molecular flexibility index (Phi) is 5.38. The van der Waals surface area contributed by atoms with Crippen LogP contribution in [0, 0.1) is 6.92 Å². The van der Waals surface area contributed by atoms with Gasteiger partial charge in [-0.25, -0.2) is 9.36 Å². The summed E-state index contributed by atoms with van der Waals surface area (Å²) >= 11 is 5.98. The Hall–Kier alpha value is -2.71. The first-order valence-corrected chi connectivity index (χ1v) is 9.93. The van der Waals surface area contributed by atoms with Crippen molar-refractivity contribution in [1.29, 1.82) is 0 Å². The smallest absolute Gasteiger partial charge is 0.269 e. The maximum atomic E-state index is 12.8. The lowest BCUT2D eigenvalue weighted by Gasteiger charge is -2.36. The van der Waals surface area contributed by atoms with Crippen LogP contribution in [0.3, 0.4) is 0 Å². The van der Waals surface area contributed by atoms with Crippen LogP contribution in [0.15, 0.2) is 41.3 Å². The van der Waals surface area contributed by atoms with Gasteiger partial charge in [0.15, 0.2) is 0 Å². The van der Waals surface area contributed by atoms with Crippen LogP contribution in [-0.4, -0.2) is 50.1 Å². The van der Waals surface area contributed by atoms with E-state index in [0.717, 1.165) is 35.9 Å². The summed E-state index contributed by atoms with van der Waals surface area (Å²) in [6.45, 7) is 7.68. The number of hydrogen-bond donors (Lipinski definition) is 0. The first kappa shape index (κ1) is 19.6. The van der Waals surface area contributed by atoms with Gasteiger partial charge in [0, 0.05) is 24.2 Å². The van der Waals surface area contributed by atoms with Gasteiger partial charge in [-0.3, -0.25) is 4.79 Å². The van der Waals surface area contributed by atoms with Gasteiger partial charge in [0.2, 0.25) is 0 Å². The highest BCUT2D eigenvalue weighted by Gasteiger charge is 2.23. The molecule has 0 amide bonds. The zero-order valence-corrected chi connectivity index (χ0v) is 17.4.